The molecular weight excluding hydrogens is 451 g/mol. The first kappa shape index (κ1) is 23.3. The number of alkyl halides is 3. The van der Waals surface area contributed by atoms with Crippen LogP contribution in [0.3, 0.4) is 0 Å². The summed E-state index contributed by atoms with van der Waals surface area (Å²) in [6.45, 7) is 2.27. The minimum absolute atomic E-state index is 0. The van der Waals surface area contributed by atoms with E-state index in [2.05, 4.69) is 30.6 Å². The molecule has 0 aromatic carbocycles. The zero-order chi connectivity index (χ0) is 23.7. The number of nitrogens with one attached hydrogen (secondary N) is 3. The molecule has 0 aliphatic rings. The Labute approximate surface area is 192 Å². The van der Waals surface area contributed by atoms with Crippen LogP contribution in [-0.4, -0.2) is 50.0 Å². The average molecular weight is 480 g/mol. The summed E-state index contributed by atoms with van der Waals surface area (Å²) >= 11 is 6.02. The standard InChI is InChI=1S/C19H19ClF3N7O2.5H2/c1-18(2,17(32)25-4-3-19(21,22)23)30-16-12(13(24)31)8-28-15(29-16)11-7-27-14-10(11)5-9(20)6-26-14;;;;;/h5-8H,3-4H2,1-2H3,(H2,24,31)(H,25,32)(H,26,27)(H,28,29,30);5*1H. The third-order valence-electron chi connectivity index (χ3n) is 4.49. The largest absolute Gasteiger partial charge is 0.390 e. The molecule has 0 aliphatic heterocycles. The lowest BCUT2D eigenvalue weighted by Crippen LogP contribution is -2.49. The van der Waals surface area contributed by atoms with Gasteiger partial charge in [0, 0.05) is 43.2 Å². The first-order valence-corrected chi connectivity index (χ1v) is 9.68. The van der Waals surface area contributed by atoms with Gasteiger partial charge in [0.15, 0.2) is 5.82 Å². The first-order valence-electron chi connectivity index (χ1n) is 9.30. The molecule has 9 nitrogen and oxygen atoms in total. The second kappa shape index (κ2) is 8.61. The van der Waals surface area contributed by atoms with Gasteiger partial charge in [-0.1, -0.05) is 11.6 Å². The van der Waals surface area contributed by atoms with E-state index in [4.69, 9.17) is 17.3 Å². The number of nitrogens with two attached hydrogens (primary N) is 1. The van der Waals surface area contributed by atoms with Crippen molar-refractivity contribution in [2.24, 2.45) is 5.73 Å². The van der Waals surface area contributed by atoms with Crippen molar-refractivity contribution in [1.82, 2.24) is 25.3 Å². The van der Waals surface area contributed by atoms with E-state index in [9.17, 15) is 22.8 Å². The van der Waals surface area contributed by atoms with Gasteiger partial charge in [-0.25, -0.2) is 15.0 Å². The van der Waals surface area contributed by atoms with E-state index in [0.29, 0.717) is 21.6 Å². The number of hydrogen-bond donors (Lipinski definition) is 4. The SMILES string of the molecule is CC(C)(Nc1nc(-c2c[nH]c3ncc(Cl)cc23)ncc1C(N)=O)C(=O)NCCC(F)(F)F.[HH].[HH].[HH].[HH].[HH]. The van der Waals surface area contributed by atoms with Gasteiger partial charge in [-0.2, -0.15) is 13.2 Å². The van der Waals surface area contributed by atoms with Gasteiger partial charge in [0.1, 0.15) is 17.0 Å². The van der Waals surface area contributed by atoms with Crippen molar-refractivity contribution in [2.45, 2.75) is 32.0 Å². The Hall–Kier alpha value is -3.41. The first-order chi connectivity index (χ1) is 14.9. The van der Waals surface area contributed by atoms with Crippen LogP contribution in [0, 0.1) is 0 Å². The Bertz CT molecular complexity index is 1200. The second-order valence-electron chi connectivity index (χ2n) is 7.44. The van der Waals surface area contributed by atoms with E-state index < -0.39 is 36.5 Å². The molecule has 0 saturated heterocycles. The molecule has 2 amide bonds. The summed E-state index contributed by atoms with van der Waals surface area (Å²) in [5.41, 5.74) is 4.94. The average Bonchev–Trinajstić information content (AvgIpc) is 3.09. The maximum absolute atomic E-state index is 12.4. The number of nitrogens with zero attached hydrogens (tertiary/aromatic N) is 3. The lowest BCUT2D eigenvalue weighted by atomic mass is 10.0. The summed E-state index contributed by atoms with van der Waals surface area (Å²) in [6.07, 6.45) is -1.31. The number of fused-ring (bicyclic) bond motifs is 1. The monoisotopic (exact) mass is 479 g/mol. The predicted octanol–water partition coefficient (Wildman–Crippen LogP) is 4.26. The number of H-pyrrole nitrogens is 1. The molecule has 0 atom stereocenters. The molecular formula is C19H29ClF3N7O2. The molecule has 0 bridgehead atoms. The van der Waals surface area contributed by atoms with E-state index in [1.165, 1.54) is 26.2 Å². The third kappa shape index (κ3) is 5.25. The topological polar surface area (TPSA) is 139 Å². The van der Waals surface area contributed by atoms with Crippen molar-refractivity contribution in [3.8, 4) is 11.4 Å². The summed E-state index contributed by atoms with van der Waals surface area (Å²) in [6, 6.07) is 1.66. The second-order valence-corrected chi connectivity index (χ2v) is 7.88. The highest BCUT2D eigenvalue weighted by molar-refractivity contribution is 6.31. The lowest BCUT2D eigenvalue weighted by molar-refractivity contribution is -0.136. The van der Waals surface area contributed by atoms with Crippen LogP contribution in [0.15, 0.2) is 24.7 Å². The number of carbonyl (C=O) groups excluding carboxylic acids is 2. The Morgan fingerprint density at radius 1 is 1.25 bits per heavy atom. The van der Waals surface area contributed by atoms with Crippen molar-refractivity contribution < 1.29 is 29.9 Å². The quantitative estimate of drug-likeness (QED) is 0.399. The van der Waals surface area contributed by atoms with Gasteiger partial charge >= 0.3 is 6.18 Å². The molecule has 0 unspecified atom stereocenters. The Morgan fingerprint density at radius 3 is 2.62 bits per heavy atom. The molecule has 13 heteroatoms. The van der Waals surface area contributed by atoms with Gasteiger partial charge in [0.2, 0.25) is 5.91 Å². The molecule has 3 rings (SSSR count). The number of halogens is 4. The number of aromatic amines is 1. The third-order valence-corrected chi connectivity index (χ3v) is 4.69. The molecule has 5 N–H and O–H groups in total. The Kier molecular flexibility index (Phi) is 6.26. The van der Waals surface area contributed by atoms with Gasteiger partial charge in [-0.3, -0.25) is 9.59 Å². The minimum atomic E-state index is -4.40. The Morgan fingerprint density at radius 2 is 1.97 bits per heavy atom. The number of carbonyl (C=O) groups is 2. The van der Waals surface area contributed by atoms with Crippen molar-refractivity contribution >= 4 is 40.3 Å². The highest BCUT2D eigenvalue weighted by Crippen LogP contribution is 2.29. The van der Waals surface area contributed by atoms with Crippen LogP contribution in [0.5, 0.6) is 0 Å². The number of pyridine rings is 1. The molecule has 0 saturated carbocycles. The molecule has 0 fully saturated rings. The summed E-state index contributed by atoms with van der Waals surface area (Å²) in [5, 5.41) is 6.01. The fraction of sp³-hybridized carbons (Fsp3) is 0.316. The number of aromatic nitrogens is 4. The molecule has 0 spiro atoms. The molecule has 3 aromatic rings. The smallest absolute Gasteiger partial charge is 0.365 e. The summed E-state index contributed by atoms with van der Waals surface area (Å²) in [7, 11) is 0. The summed E-state index contributed by atoms with van der Waals surface area (Å²) in [4.78, 5) is 39.9. The molecule has 3 heterocycles. The van der Waals surface area contributed by atoms with E-state index >= 15 is 0 Å². The van der Waals surface area contributed by atoms with Gasteiger partial charge < -0.3 is 21.4 Å². The summed E-state index contributed by atoms with van der Waals surface area (Å²) < 4.78 is 37.1. The van der Waals surface area contributed by atoms with Crippen LogP contribution < -0.4 is 16.4 Å². The normalized spacial score (nSPS) is 12.1. The van der Waals surface area contributed by atoms with Crippen LogP contribution in [-0.2, 0) is 4.79 Å². The number of anilines is 1. The lowest BCUT2D eigenvalue weighted by Gasteiger charge is -2.26. The van der Waals surface area contributed by atoms with Crippen LogP contribution in [0.2, 0.25) is 5.02 Å². The fourth-order valence-electron chi connectivity index (χ4n) is 2.84. The van der Waals surface area contributed by atoms with E-state index in [1.807, 2.05) is 0 Å². The van der Waals surface area contributed by atoms with E-state index in [1.54, 1.807) is 12.3 Å². The van der Waals surface area contributed by atoms with Gasteiger partial charge in [-0.15, -0.1) is 0 Å². The van der Waals surface area contributed by atoms with Crippen molar-refractivity contribution in [2.75, 3.05) is 11.9 Å². The van der Waals surface area contributed by atoms with Crippen LogP contribution in [0.25, 0.3) is 22.4 Å². The number of rotatable bonds is 7. The van der Waals surface area contributed by atoms with E-state index in [0.717, 1.165) is 0 Å². The van der Waals surface area contributed by atoms with Crippen molar-refractivity contribution in [3.05, 3.63) is 35.2 Å². The zero-order valence-electron chi connectivity index (χ0n) is 17.0. The maximum atomic E-state index is 12.4. The molecule has 0 aliphatic carbocycles. The number of hydrogen-bond acceptors (Lipinski definition) is 6. The minimum Gasteiger partial charge on any atom is -0.365 e. The highest BCUT2D eigenvalue weighted by atomic mass is 35.5. The molecule has 0 radical (unpaired) electrons. The summed E-state index contributed by atoms with van der Waals surface area (Å²) in [5.74, 6) is -1.44. The molecule has 32 heavy (non-hydrogen) atoms. The van der Waals surface area contributed by atoms with Crippen LogP contribution in [0.4, 0.5) is 19.0 Å². The van der Waals surface area contributed by atoms with Gasteiger partial charge in [0.05, 0.1) is 17.0 Å². The number of primary amides is 1. The molecule has 180 valence electrons. The van der Waals surface area contributed by atoms with Crippen molar-refractivity contribution in [1.29, 1.82) is 0 Å². The van der Waals surface area contributed by atoms with Gasteiger partial charge in [-0.05, 0) is 19.9 Å². The van der Waals surface area contributed by atoms with E-state index in [-0.39, 0.29) is 24.3 Å². The van der Waals surface area contributed by atoms with Crippen LogP contribution >= 0.6 is 11.6 Å². The Balaban J connectivity index is -0.00000231. The number of amides is 2. The fourth-order valence-corrected chi connectivity index (χ4v) is 3.00. The maximum Gasteiger partial charge on any atom is 0.390 e. The van der Waals surface area contributed by atoms with Crippen molar-refractivity contribution in [3.63, 3.8) is 0 Å². The predicted molar refractivity (Wildman–Crippen MR) is 123 cm³/mol. The highest BCUT2D eigenvalue weighted by Gasteiger charge is 2.32. The zero-order valence-corrected chi connectivity index (χ0v) is 17.7. The molecule has 3 aromatic heterocycles. The van der Waals surface area contributed by atoms with Crippen LogP contribution in [0.1, 0.15) is 37.8 Å². The van der Waals surface area contributed by atoms with Gasteiger partial charge in [0.25, 0.3) is 5.91 Å².